The van der Waals surface area contributed by atoms with E-state index in [4.69, 9.17) is 11.6 Å². The number of halogens is 2. The van der Waals surface area contributed by atoms with E-state index in [1.165, 1.54) is 23.1 Å². The number of nitrogens with one attached hydrogen (secondary N) is 1. The van der Waals surface area contributed by atoms with Crippen LogP contribution < -0.4 is 9.62 Å². The van der Waals surface area contributed by atoms with Crippen LogP contribution in [0, 0.1) is 13.8 Å². The van der Waals surface area contributed by atoms with E-state index in [2.05, 4.69) is 21.2 Å². The Hall–Kier alpha value is -2.88. The number of amides is 2. The van der Waals surface area contributed by atoms with Crippen LogP contribution in [0.15, 0.2) is 76.1 Å². The molecule has 0 aliphatic carbocycles. The van der Waals surface area contributed by atoms with Gasteiger partial charge in [-0.1, -0.05) is 70.3 Å². The van der Waals surface area contributed by atoms with Gasteiger partial charge in [0.05, 0.1) is 10.6 Å². The summed E-state index contributed by atoms with van der Waals surface area (Å²) in [5, 5.41) is 3.21. The molecule has 3 aromatic carbocycles. The summed E-state index contributed by atoms with van der Waals surface area (Å²) in [7, 11) is -4.15. The summed E-state index contributed by atoms with van der Waals surface area (Å²) in [5.41, 5.74) is 2.74. The van der Waals surface area contributed by atoms with Crippen LogP contribution in [0.3, 0.4) is 0 Å². The average molecular weight is 635 g/mol. The van der Waals surface area contributed by atoms with Crippen molar-refractivity contribution >= 4 is 55.1 Å². The number of nitrogens with zero attached hydrogens (tertiary/aromatic N) is 2. The molecule has 1 N–H and O–H groups in total. The topological polar surface area (TPSA) is 86.8 Å². The van der Waals surface area contributed by atoms with Gasteiger partial charge in [-0.05, 0) is 74.7 Å². The van der Waals surface area contributed by atoms with Crippen molar-refractivity contribution in [2.45, 2.75) is 51.6 Å². The molecule has 2 amide bonds. The zero-order valence-electron chi connectivity index (χ0n) is 22.4. The van der Waals surface area contributed by atoms with Crippen LogP contribution in [0.4, 0.5) is 5.69 Å². The van der Waals surface area contributed by atoms with Crippen molar-refractivity contribution in [1.82, 2.24) is 10.2 Å². The zero-order chi connectivity index (χ0) is 28.7. The van der Waals surface area contributed by atoms with Crippen LogP contribution in [-0.2, 0) is 26.2 Å². The second kappa shape index (κ2) is 13.5. The van der Waals surface area contributed by atoms with Gasteiger partial charge < -0.3 is 10.2 Å². The Morgan fingerprint density at radius 2 is 1.64 bits per heavy atom. The third-order valence-electron chi connectivity index (χ3n) is 6.31. The molecule has 39 heavy (non-hydrogen) atoms. The molecule has 0 aromatic heterocycles. The molecule has 0 spiro atoms. The average Bonchev–Trinajstić information content (AvgIpc) is 2.91. The lowest BCUT2D eigenvalue weighted by Gasteiger charge is -2.32. The van der Waals surface area contributed by atoms with Crippen molar-refractivity contribution in [3.63, 3.8) is 0 Å². The molecular weight excluding hydrogens is 602 g/mol. The number of aryl methyl sites for hydroxylation is 2. The summed E-state index contributed by atoms with van der Waals surface area (Å²) in [6, 6.07) is 17.9. The normalized spacial score (nSPS) is 12.1. The van der Waals surface area contributed by atoms with Crippen molar-refractivity contribution in [3.05, 3.63) is 92.9 Å². The second-order valence-electron chi connectivity index (χ2n) is 9.37. The Balaban J connectivity index is 2.04. The molecule has 0 unspecified atom stereocenters. The monoisotopic (exact) mass is 633 g/mol. The highest BCUT2D eigenvalue weighted by Crippen LogP contribution is 2.29. The minimum absolute atomic E-state index is 0.0470. The highest BCUT2D eigenvalue weighted by atomic mass is 79.9. The predicted octanol–water partition coefficient (Wildman–Crippen LogP) is 5.86. The van der Waals surface area contributed by atoms with Crippen molar-refractivity contribution in [2.75, 3.05) is 17.4 Å². The smallest absolute Gasteiger partial charge is 0.264 e. The standard InChI is InChI=1S/C29H33BrClN3O4S/c1-5-16-32-29(36)22(4)33(18-23-9-11-24(30)12-10-23)28(35)19-34(25-13-8-21(3)27(31)17-25)39(37,38)26-14-6-20(2)7-15-26/h6-15,17,22H,5,16,18-19H2,1-4H3,(H,32,36)/t22-/m1/s1. The number of sulfonamides is 1. The first-order valence-corrected chi connectivity index (χ1v) is 15.2. The van der Waals surface area contributed by atoms with Crippen molar-refractivity contribution < 1.29 is 18.0 Å². The Morgan fingerprint density at radius 1 is 1.00 bits per heavy atom. The number of hydrogen-bond donors (Lipinski definition) is 1. The SMILES string of the molecule is CCCNC(=O)[C@@H](C)N(Cc1ccc(Br)cc1)C(=O)CN(c1ccc(C)c(Cl)c1)S(=O)(=O)c1ccc(C)cc1. The number of hydrogen-bond acceptors (Lipinski definition) is 4. The largest absolute Gasteiger partial charge is 0.354 e. The third-order valence-corrected chi connectivity index (χ3v) is 9.04. The van der Waals surface area contributed by atoms with Crippen LogP contribution in [0.2, 0.25) is 5.02 Å². The third kappa shape index (κ3) is 7.84. The summed E-state index contributed by atoms with van der Waals surface area (Å²) in [4.78, 5) is 28.3. The molecule has 0 bridgehead atoms. The molecule has 0 fully saturated rings. The number of carbonyl (C=O) groups is 2. The Kier molecular flexibility index (Phi) is 10.6. The van der Waals surface area contributed by atoms with Gasteiger partial charge in [0.2, 0.25) is 11.8 Å². The van der Waals surface area contributed by atoms with Gasteiger partial charge in [0.15, 0.2) is 0 Å². The minimum Gasteiger partial charge on any atom is -0.354 e. The van der Waals surface area contributed by atoms with E-state index in [-0.39, 0.29) is 23.0 Å². The molecule has 0 saturated carbocycles. The predicted molar refractivity (Wildman–Crippen MR) is 159 cm³/mol. The maximum absolute atomic E-state index is 13.9. The zero-order valence-corrected chi connectivity index (χ0v) is 25.6. The van der Waals surface area contributed by atoms with E-state index in [9.17, 15) is 18.0 Å². The first-order valence-electron chi connectivity index (χ1n) is 12.6. The Labute approximate surface area is 244 Å². The molecule has 0 aliphatic rings. The van der Waals surface area contributed by atoms with Crippen molar-refractivity contribution in [3.8, 4) is 0 Å². The fourth-order valence-corrected chi connectivity index (χ4v) is 5.71. The maximum atomic E-state index is 13.9. The molecule has 1 atom stereocenters. The maximum Gasteiger partial charge on any atom is 0.264 e. The lowest BCUT2D eigenvalue weighted by molar-refractivity contribution is -0.139. The molecular formula is C29H33BrClN3O4S. The van der Waals surface area contributed by atoms with Crippen LogP contribution >= 0.6 is 27.5 Å². The van der Waals surface area contributed by atoms with Gasteiger partial charge in [0.1, 0.15) is 12.6 Å². The summed E-state index contributed by atoms with van der Waals surface area (Å²) in [6.07, 6.45) is 0.746. The molecule has 0 radical (unpaired) electrons. The number of anilines is 1. The molecule has 3 aromatic rings. The minimum atomic E-state index is -4.15. The highest BCUT2D eigenvalue weighted by molar-refractivity contribution is 9.10. The fraction of sp³-hybridized carbons (Fsp3) is 0.310. The van der Waals surface area contributed by atoms with Gasteiger partial charge in [-0.2, -0.15) is 0 Å². The highest BCUT2D eigenvalue weighted by Gasteiger charge is 2.32. The van der Waals surface area contributed by atoms with E-state index in [0.29, 0.717) is 11.6 Å². The first-order chi connectivity index (χ1) is 18.4. The molecule has 208 valence electrons. The van der Waals surface area contributed by atoms with E-state index < -0.39 is 28.5 Å². The van der Waals surface area contributed by atoms with Gasteiger partial charge in [0, 0.05) is 22.6 Å². The molecule has 0 heterocycles. The summed E-state index contributed by atoms with van der Waals surface area (Å²) < 4.78 is 29.7. The van der Waals surface area contributed by atoms with Crippen molar-refractivity contribution in [2.24, 2.45) is 0 Å². The fourth-order valence-electron chi connectivity index (χ4n) is 3.87. The van der Waals surface area contributed by atoms with Crippen LogP contribution in [0.1, 0.15) is 37.0 Å². The van der Waals surface area contributed by atoms with Gasteiger partial charge in [-0.3, -0.25) is 13.9 Å². The summed E-state index contributed by atoms with van der Waals surface area (Å²) in [6.45, 7) is 7.34. The van der Waals surface area contributed by atoms with Gasteiger partial charge in [0.25, 0.3) is 10.0 Å². The lowest BCUT2D eigenvalue weighted by atomic mass is 10.1. The Morgan fingerprint density at radius 3 is 2.23 bits per heavy atom. The van der Waals surface area contributed by atoms with E-state index in [0.717, 1.165) is 31.9 Å². The van der Waals surface area contributed by atoms with Crippen LogP contribution in [-0.4, -0.2) is 44.3 Å². The molecule has 0 saturated heterocycles. The molecule has 0 aliphatic heterocycles. The van der Waals surface area contributed by atoms with Crippen LogP contribution in [0.25, 0.3) is 0 Å². The Bertz CT molecular complexity index is 1410. The van der Waals surface area contributed by atoms with Gasteiger partial charge >= 0.3 is 0 Å². The number of rotatable bonds is 11. The lowest BCUT2D eigenvalue weighted by Crippen LogP contribution is -2.51. The number of carbonyl (C=O) groups excluding carboxylic acids is 2. The van der Waals surface area contributed by atoms with E-state index in [1.54, 1.807) is 31.2 Å². The first kappa shape index (κ1) is 30.7. The van der Waals surface area contributed by atoms with E-state index >= 15 is 0 Å². The van der Waals surface area contributed by atoms with Gasteiger partial charge in [-0.25, -0.2) is 8.42 Å². The van der Waals surface area contributed by atoms with Crippen LogP contribution in [0.5, 0.6) is 0 Å². The molecule has 3 rings (SSSR count). The molecule has 7 nitrogen and oxygen atoms in total. The second-order valence-corrected chi connectivity index (χ2v) is 12.6. The number of benzene rings is 3. The van der Waals surface area contributed by atoms with Crippen molar-refractivity contribution in [1.29, 1.82) is 0 Å². The van der Waals surface area contributed by atoms with Gasteiger partial charge in [-0.15, -0.1) is 0 Å². The molecule has 10 heteroatoms. The van der Waals surface area contributed by atoms with E-state index in [1.807, 2.05) is 45.0 Å². The quantitative estimate of drug-likeness (QED) is 0.286. The summed E-state index contributed by atoms with van der Waals surface area (Å²) in [5.74, 6) is -0.835. The summed E-state index contributed by atoms with van der Waals surface area (Å²) >= 11 is 9.77.